The molecular formula is C29H36F3N5O2. The molecule has 2 aromatic rings. The molecule has 10 heteroatoms. The first-order chi connectivity index (χ1) is 18.9. The summed E-state index contributed by atoms with van der Waals surface area (Å²) in [5.74, 6) is 1.00. The highest BCUT2D eigenvalue weighted by atomic mass is 19.4. The number of piperidine rings is 1. The summed E-state index contributed by atoms with van der Waals surface area (Å²) in [4.78, 5) is 28.7. The van der Waals surface area contributed by atoms with Crippen molar-refractivity contribution in [3.05, 3.63) is 53.4 Å². The summed E-state index contributed by atoms with van der Waals surface area (Å²) in [6.45, 7) is 6.89. The zero-order valence-electron chi connectivity index (χ0n) is 22.6. The molecule has 2 fully saturated rings. The molecule has 0 amide bonds. The minimum Gasteiger partial charge on any atom is -0.378 e. The number of hydrogen-bond acceptors (Lipinski definition) is 7. The Kier molecular flexibility index (Phi) is 9.72. The fraction of sp³-hybridized carbons (Fsp3) is 0.517. The van der Waals surface area contributed by atoms with Gasteiger partial charge in [0.1, 0.15) is 11.5 Å². The fourth-order valence-corrected chi connectivity index (χ4v) is 5.23. The maximum Gasteiger partial charge on any atom is 0.417 e. The zero-order chi connectivity index (χ0) is 27.8. The Bertz CT molecular complexity index is 1190. The zero-order valence-corrected chi connectivity index (χ0v) is 22.6. The monoisotopic (exact) mass is 543 g/mol. The number of ether oxygens (including phenoxy) is 1. The van der Waals surface area contributed by atoms with Crippen molar-refractivity contribution in [2.45, 2.75) is 64.6 Å². The number of aldehydes is 1. The minimum absolute atomic E-state index is 0.146. The Balaban J connectivity index is 0.00000172. The van der Waals surface area contributed by atoms with Crippen molar-refractivity contribution >= 4 is 18.1 Å². The van der Waals surface area contributed by atoms with Crippen molar-refractivity contribution in [2.24, 2.45) is 0 Å². The molecule has 3 aliphatic rings. The van der Waals surface area contributed by atoms with E-state index in [-0.39, 0.29) is 23.0 Å². The molecule has 4 heterocycles. The molecule has 2 aliphatic heterocycles. The van der Waals surface area contributed by atoms with Crippen LogP contribution in [-0.2, 0) is 10.9 Å². The van der Waals surface area contributed by atoms with E-state index in [1.807, 2.05) is 18.7 Å². The first-order valence-electron chi connectivity index (χ1n) is 13.8. The number of rotatable bonds is 6. The molecule has 210 valence electrons. The number of halogens is 3. The highest BCUT2D eigenvalue weighted by Crippen LogP contribution is 2.38. The second kappa shape index (κ2) is 13.2. The number of carbonyl (C=O) groups is 1. The molecule has 0 spiro atoms. The molecule has 0 saturated carbocycles. The third-order valence-electron chi connectivity index (χ3n) is 7.14. The van der Waals surface area contributed by atoms with Gasteiger partial charge >= 0.3 is 6.18 Å². The van der Waals surface area contributed by atoms with E-state index >= 15 is 0 Å². The maximum atomic E-state index is 14.0. The van der Waals surface area contributed by atoms with Gasteiger partial charge in [-0.1, -0.05) is 37.6 Å². The number of alkyl halides is 3. The average molecular weight is 544 g/mol. The van der Waals surface area contributed by atoms with Gasteiger partial charge in [-0.15, -0.1) is 0 Å². The summed E-state index contributed by atoms with van der Waals surface area (Å²) in [6.07, 6.45) is 9.22. The van der Waals surface area contributed by atoms with Crippen LogP contribution in [0.2, 0.25) is 0 Å². The van der Waals surface area contributed by atoms with Crippen LogP contribution in [0.3, 0.4) is 0 Å². The van der Waals surface area contributed by atoms with Crippen LogP contribution < -0.4 is 9.80 Å². The second-order valence-electron chi connectivity index (χ2n) is 9.62. The number of carbonyl (C=O) groups excluding carboxylic acids is 1. The molecular weight excluding hydrogens is 507 g/mol. The van der Waals surface area contributed by atoms with Crippen LogP contribution >= 0.6 is 0 Å². The fourth-order valence-electron chi connectivity index (χ4n) is 5.23. The van der Waals surface area contributed by atoms with E-state index in [2.05, 4.69) is 33.1 Å². The largest absolute Gasteiger partial charge is 0.417 e. The van der Waals surface area contributed by atoms with Crippen LogP contribution in [0, 0.1) is 0 Å². The van der Waals surface area contributed by atoms with E-state index in [1.54, 1.807) is 6.07 Å². The molecule has 2 saturated heterocycles. The van der Waals surface area contributed by atoms with Crippen LogP contribution in [0.4, 0.5) is 24.9 Å². The van der Waals surface area contributed by atoms with E-state index in [9.17, 15) is 18.0 Å². The van der Waals surface area contributed by atoms with Gasteiger partial charge in [-0.25, -0.2) is 4.98 Å². The van der Waals surface area contributed by atoms with E-state index < -0.39 is 11.7 Å². The standard InChI is InChI=1S/C27H30F3N5O2.C2H6/c28-27(29,30)23-15-20(18-36)31-17-22(23)24-16-25(33-26(32-24)34-10-12-37-13-11-34)35-9-5-4-8-21(35)14-19-6-2-1-3-7-19;1-2/h1-2,6,15-18,21H,3-5,7-14H2;1-2H3. The minimum atomic E-state index is -4.67. The number of anilines is 2. The lowest BCUT2D eigenvalue weighted by Crippen LogP contribution is -2.41. The van der Waals surface area contributed by atoms with Gasteiger partial charge in [0.15, 0.2) is 6.29 Å². The molecule has 7 nitrogen and oxygen atoms in total. The highest BCUT2D eigenvalue weighted by Gasteiger charge is 2.36. The lowest BCUT2D eigenvalue weighted by atomic mass is 9.92. The summed E-state index contributed by atoms with van der Waals surface area (Å²) >= 11 is 0. The lowest BCUT2D eigenvalue weighted by molar-refractivity contribution is -0.137. The topological polar surface area (TPSA) is 71.5 Å². The number of allylic oxidation sites excluding steroid dienone is 3. The third-order valence-corrected chi connectivity index (χ3v) is 7.14. The van der Waals surface area contributed by atoms with Crippen molar-refractivity contribution in [2.75, 3.05) is 42.6 Å². The number of hydrogen-bond donors (Lipinski definition) is 0. The van der Waals surface area contributed by atoms with Crippen molar-refractivity contribution in [3.63, 3.8) is 0 Å². The third kappa shape index (κ3) is 7.03. The average Bonchev–Trinajstić information content (AvgIpc) is 2.98. The van der Waals surface area contributed by atoms with Gasteiger partial charge in [0.25, 0.3) is 0 Å². The number of aromatic nitrogens is 3. The highest BCUT2D eigenvalue weighted by molar-refractivity contribution is 5.76. The second-order valence-corrected chi connectivity index (χ2v) is 9.62. The number of pyridine rings is 1. The Labute approximate surface area is 227 Å². The van der Waals surface area contributed by atoms with Gasteiger partial charge in [0.2, 0.25) is 5.95 Å². The SMILES string of the molecule is CC.O=Cc1cc(C(F)(F)F)c(-c2cc(N3CCCCC3CC3=CC=CCC3)nc(N3CCOCC3)n2)cn1. The van der Waals surface area contributed by atoms with Crippen LogP contribution in [0.25, 0.3) is 11.3 Å². The molecule has 0 N–H and O–H groups in total. The van der Waals surface area contributed by atoms with E-state index in [1.165, 1.54) is 5.57 Å². The Morgan fingerprint density at radius 1 is 1.10 bits per heavy atom. The van der Waals surface area contributed by atoms with Crippen LogP contribution in [0.15, 0.2) is 42.1 Å². The number of nitrogens with zero attached hydrogens (tertiary/aromatic N) is 5. The van der Waals surface area contributed by atoms with E-state index in [0.29, 0.717) is 44.4 Å². The molecule has 0 radical (unpaired) electrons. The quantitative estimate of drug-likeness (QED) is 0.399. The lowest BCUT2D eigenvalue weighted by Gasteiger charge is -2.38. The molecule has 39 heavy (non-hydrogen) atoms. The van der Waals surface area contributed by atoms with Crippen LogP contribution in [0.1, 0.15) is 68.4 Å². The normalized spacial score (nSPS) is 19.7. The molecule has 0 bridgehead atoms. The summed E-state index contributed by atoms with van der Waals surface area (Å²) in [5.41, 5.74) is 0.161. The van der Waals surface area contributed by atoms with Crippen LogP contribution in [-0.4, -0.2) is 60.1 Å². The summed E-state index contributed by atoms with van der Waals surface area (Å²) in [5, 5.41) is 0. The number of morpholine rings is 1. The van der Waals surface area contributed by atoms with Crippen molar-refractivity contribution < 1.29 is 22.7 Å². The Morgan fingerprint density at radius 2 is 1.90 bits per heavy atom. The predicted molar refractivity (Wildman–Crippen MR) is 146 cm³/mol. The Morgan fingerprint density at radius 3 is 2.59 bits per heavy atom. The smallest absolute Gasteiger partial charge is 0.378 e. The van der Waals surface area contributed by atoms with Gasteiger partial charge in [-0.3, -0.25) is 9.78 Å². The first-order valence-corrected chi connectivity index (χ1v) is 13.8. The van der Waals surface area contributed by atoms with Crippen LogP contribution in [0.5, 0.6) is 0 Å². The molecule has 1 unspecified atom stereocenters. The van der Waals surface area contributed by atoms with Gasteiger partial charge in [-0.2, -0.15) is 18.2 Å². The summed E-state index contributed by atoms with van der Waals surface area (Å²) in [7, 11) is 0. The van der Waals surface area contributed by atoms with Gasteiger partial charge in [-0.05, 0) is 44.6 Å². The van der Waals surface area contributed by atoms with Gasteiger partial charge < -0.3 is 14.5 Å². The Hall–Kier alpha value is -3.27. The van der Waals surface area contributed by atoms with Gasteiger partial charge in [0.05, 0.1) is 24.5 Å². The van der Waals surface area contributed by atoms with Gasteiger partial charge in [0, 0.05) is 43.5 Å². The first kappa shape index (κ1) is 28.7. The molecule has 0 aromatic carbocycles. The molecule has 2 aromatic heterocycles. The predicted octanol–water partition coefficient (Wildman–Crippen LogP) is 6.26. The molecule has 1 atom stereocenters. The van der Waals surface area contributed by atoms with E-state index in [4.69, 9.17) is 9.72 Å². The van der Waals surface area contributed by atoms with E-state index in [0.717, 1.165) is 57.3 Å². The van der Waals surface area contributed by atoms with Crippen molar-refractivity contribution in [1.29, 1.82) is 0 Å². The summed E-state index contributed by atoms with van der Waals surface area (Å²) < 4.78 is 47.6. The van der Waals surface area contributed by atoms with Crippen molar-refractivity contribution in [3.8, 4) is 11.3 Å². The summed E-state index contributed by atoms with van der Waals surface area (Å²) in [6, 6.07) is 2.64. The van der Waals surface area contributed by atoms with Crippen molar-refractivity contribution in [1.82, 2.24) is 15.0 Å². The molecule has 5 rings (SSSR count). The molecule has 1 aliphatic carbocycles. The maximum absolute atomic E-state index is 14.0.